The van der Waals surface area contributed by atoms with E-state index in [1.165, 1.54) is 4.90 Å². The van der Waals surface area contributed by atoms with Gasteiger partial charge in [0.1, 0.15) is 6.54 Å². The molecule has 0 aromatic heterocycles. The summed E-state index contributed by atoms with van der Waals surface area (Å²) >= 11 is 1.67. The first-order valence-corrected chi connectivity index (χ1v) is 7.09. The highest BCUT2D eigenvalue weighted by molar-refractivity contribution is 7.99. The third-order valence-electron chi connectivity index (χ3n) is 2.52. The molecule has 1 atom stereocenters. The predicted octanol–water partition coefficient (Wildman–Crippen LogP) is -0.313. The molecule has 1 fully saturated rings. The summed E-state index contributed by atoms with van der Waals surface area (Å²) in [6.45, 7) is 2.86. The van der Waals surface area contributed by atoms with Crippen molar-refractivity contribution in [2.75, 3.05) is 45.0 Å². The van der Waals surface area contributed by atoms with Gasteiger partial charge in [-0.05, 0) is 6.92 Å². The fourth-order valence-corrected chi connectivity index (χ4v) is 2.54. The SMILES string of the molecule is CCOC(=O)CN(CCOC)C(=O)C1CSCN1. The van der Waals surface area contributed by atoms with Crippen molar-refractivity contribution in [3.63, 3.8) is 0 Å². The first-order valence-electron chi connectivity index (χ1n) is 5.93. The van der Waals surface area contributed by atoms with Crippen molar-refractivity contribution in [1.82, 2.24) is 10.2 Å². The summed E-state index contributed by atoms with van der Waals surface area (Å²) < 4.78 is 9.82. The highest BCUT2D eigenvalue weighted by Crippen LogP contribution is 2.12. The Kier molecular flexibility index (Phi) is 7.07. The monoisotopic (exact) mass is 276 g/mol. The molecule has 0 bridgehead atoms. The van der Waals surface area contributed by atoms with E-state index in [0.29, 0.717) is 19.8 Å². The van der Waals surface area contributed by atoms with Crippen LogP contribution in [0.25, 0.3) is 0 Å². The molecule has 1 aliphatic rings. The van der Waals surface area contributed by atoms with Gasteiger partial charge in [-0.15, -0.1) is 11.8 Å². The Morgan fingerprint density at radius 3 is 2.83 bits per heavy atom. The molecule has 0 aromatic rings. The zero-order valence-electron chi connectivity index (χ0n) is 10.8. The molecule has 1 heterocycles. The molecule has 0 aliphatic carbocycles. The van der Waals surface area contributed by atoms with Crippen LogP contribution < -0.4 is 5.32 Å². The van der Waals surface area contributed by atoms with Crippen LogP contribution in [0.5, 0.6) is 0 Å². The number of ether oxygens (including phenoxy) is 2. The van der Waals surface area contributed by atoms with Crippen molar-refractivity contribution >= 4 is 23.6 Å². The van der Waals surface area contributed by atoms with Crippen LogP contribution in [-0.4, -0.2) is 67.9 Å². The summed E-state index contributed by atoms with van der Waals surface area (Å²) in [6.07, 6.45) is 0. The number of nitrogens with one attached hydrogen (secondary N) is 1. The van der Waals surface area contributed by atoms with Crippen LogP contribution in [0.3, 0.4) is 0 Å². The van der Waals surface area contributed by atoms with E-state index in [4.69, 9.17) is 9.47 Å². The number of nitrogens with zero attached hydrogens (tertiary/aromatic N) is 1. The summed E-state index contributed by atoms with van der Waals surface area (Å²) in [7, 11) is 1.57. The van der Waals surface area contributed by atoms with Crippen molar-refractivity contribution < 1.29 is 19.1 Å². The van der Waals surface area contributed by atoms with Gasteiger partial charge in [0.25, 0.3) is 0 Å². The maximum absolute atomic E-state index is 12.2. The van der Waals surface area contributed by atoms with Crippen LogP contribution in [0.4, 0.5) is 0 Å². The van der Waals surface area contributed by atoms with Crippen LogP contribution in [0.15, 0.2) is 0 Å². The minimum atomic E-state index is -0.382. The van der Waals surface area contributed by atoms with Gasteiger partial charge in [-0.3, -0.25) is 14.9 Å². The molecule has 0 radical (unpaired) electrons. The van der Waals surface area contributed by atoms with Gasteiger partial charge in [0.2, 0.25) is 5.91 Å². The van der Waals surface area contributed by atoms with Crippen LogP contribution in [0.1, 0.15) is 6.92 Å². The molecular formula is C11H20N2O4S. The highest BCUT2D eigenvalue weighted by Gasteiger charge is 2.28. The minimum Gasteiger partial charge on any atom is -0.465 e. The van der Waals surface area contributed by atoms with E-state index in [1.54, 1.807) is 25.8 Å². The zero-order chi connectivity index (χ0) is 13.4. The number of hydrogen-bond donors (Lipinski definition) is 1. The third kappa shape index (κ3) is 4.83. The third-order valence-corrected chi connectivity index (χ3v) is 3.46. The van der Waals surface area contributed by atoms with Crippen molar-refractivity contribution in [2.24, 2.45) is 0 Å². The Hall–Kier alpha value is -0.790. The summed E-state index contributed by atoms with van der Waals surface area (Å²) in [5.41, 5.74) is 0. The lowest BCUT2D eigenvalue weighted by Gasteiger charge is -2.24. The number of hydrogen-bond acceptors (Lipinski definition) is 6. The molecule has 1 unspecified atom stereocenters. The molecule has 0 spiro atoms. The van der Waals surface area contributed by atoms with Gasteiger partial charge in [0.05, 0.1) is 19.3 Å². The lowest BCUT2D eigenvalue weighted by Crippen LogP contribution is -2.48. The quantitative estimate of drug-likeness (QED) is 0.643. The normalized spacial score (nSPS) is 18.7. The summed E-state index contributed by atoms with van der Waals surface area (Å²) in [4.78, 5) is 25.1. The van der Waals surface area contributed by atoms with E-state index in [2.05, 4.69) is 5.32 Å². The molecule has 0 aromatic carbocycles. The Labute approximate surface area is 111 Å². The smallest absolute Gasteiger partial charge is 0.325 e. The molecule has 0 saturated carbocycles. The first-order chi connectivity index (χ1) is 8.69. The number of esters is 1. The maximum atomic E-state index is 12.2. The van der Waals surface area contributed by atoms with Gasteiger partial charge in [-0.2, -0.15) is 0 Å². The Bertz CT molecular complexity index is 282. The lowest BCUT2D eigenvalue weighted by atomic mass is 10.3. The van der Waals surface area contributed by atoms with E-state index < -0.39 is 0 Å². The van der Waals surface area contributed by atoms with E-state index in [9.17, 15) is 9.59 Å². The maximum Gasteiger partial charge on any atom is 0.325 e. The average molecular weight is 276 g/mol. The summed E-state index contributed by atoms with van der Waals surface area (Å²) in [5, 5.41) is 3.10. The fraction of sp³-hybridized carbons (Fsp3) is 0.818. The average Bonchev–Trinajstić information content (AvgIpc) is 2.87. The lowest BCUT2D eigenvalue weighted by molar-refractivity contribution is -0.149. The van der Waals surface area contributed by atoms with E-state index in [0.717, 1.165) is 11.6 Å². The van der Waals surface area contributed by atoms with Gasteiger partial charge in [0, 0.05) is 25.3 Å². The zero-order valence-corrected chi connectivity index (χ0v) is 11.6. The van der Waals surface area contributed by atoms with E-state index in [-0.39, 0.29) is 24.5 Å². The second-order valence-corrected chi connectivity index (χ2v) is 4.86. The predicted molar refractivity (Wildman–Crippen MR) is 69.3 cm³/mol. The molecule has 1 rings (SSSR count). The van der Waals surface area contributed by atoms with Gasteiger partial charge < -0.3 is 14.4 Å². The van der Waals surface area contributed by atoms with Crippen molar-refractivity contribution in [3.05, 3.63) is 0 Å². The molecule has 6 nitrogen and oxygen atoms in total. The molecule has 104 valence electrons. The van der Waals surface area contributed by atoms with Crippen LogP contribution in [0.2, 0.25) is 0 Å². The topological polar surface area (TPSA) is 67.9 Å². The second-order valence-electron chi connectivity index (χ2n) is 3.83. The Morgan fingerprint density at radius 2 is 2.28 bits per heavy atom. The highest BCUT2D eigenvalue weighted by atomic mass is 32.2. The number of methoxy groups -OCH3 is 1. The van der Waals surface area contributed by atoms with Gasteiger partial charge in [-0.1, -0.05) is 0 Å². The molecule has 1 saturated heterocycles. The summed E-state index contributed by atoms with van der Waals surface area (Å²) in [6, 6.07) is -0.207. The van der Waals surface area contributed by atoms with E-state index in [1.807, 2.05) is 0 Å². The van der Waals surface area contributed by atoms with Crippen LogP contribution in [-0.2, 0) is 19.1 Å². The van der Waals surface area contributed by atoms with Crippen LogP contribution >= 0.6 is 11.8 Å². The minimum absolute atomic E-state index is 0.0150. The molecule has 18 heavy (non-hydrogen) atoms. The second kappa shape index (κ2) is 8.34. The molecule has 1 aliphatic heterocycles. The largest absolute Gasteiger partial charge is 0.465 e. The standard InChI is InChI=1S/C11H20N2O4S/c1-3-17-10(14)6-13(4-5-16-2)11(15)9-7-18-8-12-9/h9,12H,3-8H2,1-2H3. The van der Waals surface area contributed by atoms with Crippen LogP contribution in [0, 0.1) is 0 Å². The van der Waals surface area contributed by atoms with Gasteiger partial charge >= 0.3 is 5.97 Å². The molecule has 7 heteroatoms. The fourth-order valence-electron chi connectivity index (χ4n) is 1.61. The Balaban J connectivity index is 2.52. The van der Waals surface area contributed by atoms with Gasteiger partial charge in [0.15, 0.2) is 0 Å². The number of carbonyl (C=O) groups excluding carboxylic acids is 2. The van der Waals surface area contributed by atoms with Gasteiger partial charge in [-0.25, -0.2) is 0 Å². The number of carbonyl (C=O) groups is 2. The first kappa shape index (κ1) is 15.3. The molecule has 1 amide bonds. The molecule has 1 N–H and O–H groups in total. The Morgan fingerprint density at radius 1 is 1.50 bits per heavy atom. The summed E-state index contributed by atoms with van der Waals surface area (Å²) in [5.74, 6) is 1.07. The molecular weight excluding hydrogens is 256 g/mol. The van der Waals surface area contributed by atoms with Crippen molar-refractivity contribution in [2.45, 2.75) is 13.0 Å². The number of thioether (sulfide) groups is 1. The van der Waals surface area contributed by atoms with E-state index >= 15 is 0 Å². The van der Waals surface area contributed by atoms with Crippen molar-refractivity contribution in [1.29, 1.82) is 0 Å². The van der Waals surface area contributed by atoms with Crippen molar-refractivity contribution in [3.8, 4) is 0 Å². The number of amides is 1. The number of rotatable bonds is 7.